The molecule has 0 bridgehead atoms. The third kappa shape index (κ3) is 4.12. The van der Waals surface area contributed by atoms with Gasteiger partial charge in [0.15, 0.2) is 0 Å². The van der Waals surface area contributed by atoms with Gasteiger partial charge in [-0.05, 0) is 42.6 Å². The van der Waals surface area contributed by atoms with Gasteiger partial charge in [-0.2, -0.15) is 0 Å². The molecule has 9 nitrogen and oxygen atoms in total. The van der Waals surface area contributed by atoms with Gasteiger partial charge >= 0.3 is 23.9 Å². The van der Waals surface area contributed by atoms with E-state index in [1.165, 1.54) is 26.6 Å². The fraction of sp³-hybridized carbons (Fsp3) is 0.652. The molecule has 0 amide bonds. The lowest BCUT2D eigenvalue weighted by Gasteiger charge is -2.57. The lowest BCUT2D eigenvalue weighted by atomic mass is 9.46. The van der Waals surface area contributed by atoms with Crippen molar-refractivity contribution in [2.75, 3.05) is 13.7 Å². The maximum atomic E-state index is 12.9. The number of carboxylic acids is 1. The Balaban J connectivity index is 2.01. The standard InChI is InChI=1S/C23H30O9/c1-13(24)31-10-7-16(20(27)29-4)22(2)8-5-15-21(28)32-17(14-6-9-30-12-14)11-23(15,3)18(22)19(25)26/h6,9,12,15-18H,5,7-8,10-11H2,1-4H3,(H,25,26)/t15-,16-,17-,18-,22-,23-/m0/s1. The summed E-state index contributed by atoms with van der Waals surface area (Å²) in [5.74, 6) is -5.02. The van der Waals surface area contributed by atoms with E-state index in [2.05, 4.69) is 0 Å². The molecule has 0 radical (unpaired) electrons. The summed E-state index contributed by atoms with van der Waals surface area (Å²) in [4.78, 5) is 49.7. The van der Waals surface area contributed by atoms with Crippen molar-refractivity contribution < 1.29 is 42.9 Å². The second kappa shape index (κ2) is 8.96. The molecule has 0 spiro atoms. The predicted octanol–water partition coefficient (Wildman–Crippen LogP) is 3.13. The fourth-order valence-corrected chi connectivity index (χ4v) is 5.96. The zero-order valence-corrected chi connectivity index (χ0v) is 18.8. The molecule has 32 heavy (non-hydrogen) atoms. The molecule has 1 saturated heterocycles. The first kappa shape index (κ1) is 23.8. The Morgan fingerprint density at radius 1 is 1.31 bits per heavy atom. The molecule has 2 heterocycles. The topological polar surface area (TPSA) is 129 Å². The number of methoxy groups -OCH3 is 1. The van der Waals surface area contributed by atoms with E-state index < -0.39 is 58.6 Å². The SMILES string of the molecule is COC(=O)[C@H](CCOC(C)=O)[C@]1(C)CC[C@H]2C(=O)O[C@H](c3ccoc3)C[C@]2(C)[C@H]1C(=O)O. The van der Waals surface area contributed by atoms with Crippen LogP contribution >= 0.6 is 0 Å². The van der Waals surface area contributed by atoms with E-state index in [1.54, 1.807) is 19.9 Å². The van der Waals surface area contributed by atoms with E-state index in [9.17, 15) is 24.3 Å². The number of furan rings is 1. The second-order valence-corrected chi connectivity index (χ2v) is 9.26. The number of carbonyl (C=O) groups is 4. The highest BCUT2D eigenvalue weighted by Gasteiger charge is 2.64. The Labute approximate surface area is 186 Å². The van der Waals surface area contributed by atoms with Crippen LogP contribution < -0.4 is 0 Å². The van der Waals surface area contributed by atoms with Gasteiger partial charge in [0, 0.05) is 12.5 Å². The largest absolute Gasteiger partial charge is 0.481 e. The van der Waals surface area contributed by atoms with E-state index in [1.807, 2.05) is 0 Å². The summed E-state index contributed by atoms with van der Waals surface area (Å²) >= 11 is 0. The smallest absolute Gasteiger partial charge is 0.310 e. The maximum Gasteiger partial charge on any atom is 0.310 e. The van der Waals surface area contributed by atoms with Crippen LogP contribution in [0.25, 0.3) is 0 Å². The molecule has 0 unspecified atom stereocenters. The third-order valence-electron chi connectivity index (χ3n) is 7.41. The molecule has 6 atom stereocenters. The zero-order valence-electron chi connectivity index (χ0n) is 18.8. The number of esters is 3. The van der Waals surface area contributed by atoms with Gasteiger partial charge < -0.3 is 23.7 Å². The highest BCUT2D eigenvalue weighted by Crippen LogP contribution is 2.62. The van der Waals surface area contributed by atoms with Gasteiger partial charge in [0.25, 0.3) is 0 Å². The number of rotatable bonds is 7. The Bertz CT molecular complexity index is 876. The average molecular weight is 450 g/mol. The van der Waals surface area contributed by atoms with Crippen molar-refractivity contribution in [3.63, 3.8) is 0 Å². The van der Waals surface area contributed by atoms with Crippen molar-refractivity contribution in [1.29, 1.82) is 0 Å². The monoisotopic (exact) mass is 450 g/mol. The molecule has 1 aromatic heterocycles. The Morgan fingerprint density at radius 3 is 2.59 bits per heavy atom. The van der Waals surface area contributed by atoms with E-state index >= 15 is 0 Å². The Hall–Kier alpha value is -2.84. The Morgan fingerprint density at radius 2 is 2.03 bits per heavy atom. The Kier molecular flexibility index (Phi) is 6.67. The van der Waals surface area contributed by atoms with E-state index in [0.717, 1.165) is 0 Å². The summed E-state index contributed by atoms with van der Waals surface area (Å²) in [5, 5.41) is 10.4. The van der Waals surface area contributed by atoms with Crippen LogP contribution in [-0.2, 0) is 33.4 Å². The molecule has 0 aromatic carbocycles. The van der Waals surface area contributed by atoms with Crippen LogP contribution in [0.4, 0.5) is 0 Å². The molecule has 2 fully saturated rings. The molecule has 2 aliphatic rings. The molecular weight excluding hydrogens is 420 g/mol. The van der Waals surface area contributed by atoms with Crippen LogP contribution in [0.3, 0.4) is 0 Å². The van der Waals surface area contributed by atoms with Crippen LogP contribution in [0.5, 0.6) is 0 Å². The summed E-state index contributed by atoms with van der Waals surface area (Å²) in [6.07, 6.45) is 3.43. The molecule has 1 aliphatic heterocycles. The zero-order chi connectivity index (χ0) is 23.7. The average Bonchev–Trinajstić information content (AvgIpc) is 3.24. The van der Waals surface area contributed by atoms with Gasteiger partial charge in [0.05, 0.1) is 44.0 Å². The number of hydrogen-bond donors (Lipinski definition) is 1. The van der Waals surface area contributed by atoms with Crippen molar-refractivity contribution in [1.82, 2.24) is 0 Å². The lowest BCUT2D eigenvalue weighted by molar-refractivity contribution is -0.205. The van der Waals surface area contributed by atoms with Gasteiger partial charge in [-0.1, -0.05) is 13.8 Å². The number of fused-ring (bicyclic) bond motifs is 1. The molecule has 1 aromatic rings. The van der Waals surface area contributed by atoms with Crippen LogP contribution in [0.1, 0.15) is 58.1 Å². The minimum atomic E-state index is -1.08. The number of carbonyl (C=O) groups excluding carboxylic acids is 3. The number of hydrogen-bond acceptors (Lipinski definition) is 8. The summed E-state index contributed by atoms with van der Waals surface area (Å²) in [6, 6.07) is 1.69. The molecule has 1 aliphatic carbocycles. The van der Waals surface area contributed by atoms with Gasteiger partial charge in [-0.25, -0.2) is 0 Å². The van der Waals surface area contributed by atoms with Gasteiger partial charge in [-0.3, -0.25) is 19.2 Å². The van der Waals surface area contributed by atoms with Crippen molar-refractivity contribution in [3.05, 3.63) is 24.2 Å². The normalized spacial score (nSPS) is 32.9. The number of carboxylic acid groups (broad SMARTS) is 1. The van der Waals surface area contributed by atoms with E-state index in [-0.39, 0.29) is 19.4 Å². The summed E-state index contributed by atoms with van der Waals surface area (Å²) < 4.78 is 20.8. The van der Waals surface area contributed by atoms with Gasteiger partial charge in [0.2, 0.25) is 0 Å². The van der Waals surface area contributed by atoms with Crippen LogP contribution in [0, 0.1) is 28.6 Å². The quantitative estimate of drug-likeness (QED) is 0.492. The van der Waals surface area contributed by atoms with E-state index in [4.69, 9.17) is 18.6 Å². The first-order valence-electron chi connectivity index (χ1n) is 10.7. The van der Waals surface area contributed by atoms with Crippen LogP contribution in [-0.4, -0.2) is 42.7 Å². The van der Waals surface area contributed by atoms with Crippen molar-refractivity contribution in [2.24, 2.45) is 28.6 Å². The summed E-state index contributed by atoms with van der Waals surface area (Å²) in [7, 11) is 1.25. The first-order chi connectivity index (χ1) is 15.0. The molecule has 1 saturated carbocycles. The molecule has 1 N–H and O–H groups in total. The molecule has 9 heteroatoms. The third-order valence-corrected chi connectivity index (χ3v) is 7.41. The summed E-state index contributed by atoms with van der Waals surface area (Å²) in [5.41, 5.74) is -1.33. The molecule has 176 valence electrons. The second-order valence-electron chi connectivity index (χ2n) is 9.26. The van der Waals surface area contributed by atoms with E-state index in [0.29, 0.717) is 18.4 Å². The minimum absolute atomic E-state index is 0.0309. The highest BCUT2D eigenvalue weighted by molar-refractivity contribution is 5.81. The van der Waals surface area contributed by atoms with Gasteiger partial charge in [0.1, 0.15) is 6.10 Å². The van der Waals surface area contributed by atoms with Crippen molar-refractivity contribution >= 4 is 23.9 Å². The van der Waals surface area contributed by atoms with Crippen molar-refractivity contribution in [2.45, 2.75) is 52.6 Å². The first-order valence-corrected chi connectivity index (χ1v) is 10.7. The minimum Gasteiger partial charge on any atom is -0.481 e. The maximum absolute atomic E-state index is 12.9. The molecular formula is C23H30O9. The number of ether oxygens (including phenoxy) is 3. The van der Waals surface area contributed by atoms with Crippen LogP contribution in [0.2, 0.25) is 0 Å². The molecule has 3 rings (SSSR count). The number of cyclic esters (lactones) is 1. The summed E-state index contributed by atoms with van der Waals surface area (Å²) in [6.45, 7) is 4.79. The predicted molar refractivity (Wildman–Crippen MR) is 109 cm³/mol. The van der Waals surface area contributed by atoms with Crippen LogP contribution in [0.15, 0.2) is 23.0 Å². The fourth-order valence-electron chi connectivity index (χ4n) is 5.96. The highest BCUT2D eigenvalue weighted by atomic mass is 16.5. The lowest BCUT2D eigenvalue weighted by Crippen LogP contribution is -2.60. The number of aliphatic carboxylic acids is 1. The van der Waals surface area contributed by atoms with Crippen molar-refractivity contribution in [3.8, 4) is 0 Å². The van der Waals surface area contributed by atoms with Gasteiger partial charge in [-0.15, -0.1) is 0 Å².